The molecule has 0 amide bonds. The summed E-state index contributed by atoms with van der Waals surface area (Å²) in [5.41, 5.74) is 0.495. The standard InChI is InChI=1S/C15H28N2O.ClH/c1-2-7-15(8-3-1)13-16-9-11-17(15)10-6-14-5-4-12-18-14;/h14,16H,1-13H2;1H. The Bertz CT molecular complexity index is 255. The van der Waals surface area contributed by atoms with E-state index in [0.717, 1.165) is 6.61 Å². The van der Waals surface area contributed by atoms with Gasteiger partial charge < -0.3 is 10.1 Å². The van der Waals surface area contributed by atoms with Crippen LogP contribution in [0.3, 0.4) is 0 Å². The van der Waals surface area contributed by atoms with Crippen LogP contribution < -0.4 is 5.32 Å². The molecule has 3 aliphatic rings. The lowest BCUT2D eigenvalue weighted by Gasteiger charge is -2.50. The van der Waals surface area contributed by atoms with E-state index in [4.69, 9.17) is 4.74 Å². The molecule has 0 aromatic carbocycles. The fraction of sp³-hybridized carbons (Fsp3) is 1.00. The lowest BCUT2D eigenvalue weighted by molar-refractivity contribution is 0.0116. The molecule has 0 bridgehead atoms. The molecule has 4 heteroatoms. The van der Waals surface area contributed by atoms with E-state index in [1.807, 2.05) is 0 Å². The lowest BCUT2D eigenvalue weighted by Crippen LogP contribution is -2.62. The van der Waals surface area contributed by atoms with Gasteiger partial charge in [0, 0.05) is 38.3 Å². The Morgan fingerprint density at radius 1 is 1.16 bits per heavy atom. The number of rotatable bonds is 3. The third kappa shape index (κ3) is 3.63. The van der Waals surface area contributed by atoms with Crippen molar-refractivity contribution in [2.75, 3.05) is 32.8 Å². The van der Waals surface area contributed by atoms with Gasteiger partial charge in [-0.1, -0.05) is 19.3 Å². The molecule has 0 aromatic heterocycles. The Balaban J connectivity index is 0.00000133. The summed E-state index contributed by atoms with van der Waals surface area (Å²) in [5.74, 6) is 0. The quantitative estimate of drug-likeness (QED) is 0.864. The predicted octanol–water partition coefficient (Wildman–Crippen LogP) is 2.59. The minimum absolute atomic E-state index is 0. The molecule has 0 radical (unpaired) electrons. The number of ether oxygens (including phenoxy) is 1. The monoisotopic (exact) mass is 288 g/mol. The summed E-state index contributed by atoms with van der Waals surface area (Å²) in [6.07, 6.45) is 11.5. The molecule has 1 atom stereocenters. The first-order chi connectivity index (χ1) is 8.89. The van der Waals surface area contributed by atoms with E-state index in [9.17, 15) is 0 Å². The SMILES string of the molecule is C1CCC2(CC1)CNCCN2CCC1CCCO1.Cl. The molecule has 3 rings (SSSR count). The van der Waals surface area contributed by atoms with Crippen LogP contribution in [0.2, 0.25) is 0 Å². The van der Waals surface area contributed by atoms with E-state index >= 15 is 0 Å². The molecule has 1 N–H and O–H groups in total. The van der Waals surface area contributed by atoms with Crippen LogP contribution in [0.1, 0.15) is 51.4 Å². The molecule has 2 heterocycles. The average molecular weight is 289 g/mol. The smallest absolute Gasteiger partial charge is 0.0588 e. The fourth-order valence-electron chi connectivity index (χ4n) is 4.11. The van der Waals surface area contributed by atoms with Crippen molar-refractivity contribution in [1.82, 2.24) is 10.2 Å². The van der Waals surface area contributed by atoms with Crippen LogP contribution >= 0.6 is 12.4 Å². The first-order valence-corrected chi connectivity index (χ1v) is 7.96. The highest BCUT2D eigenvalue weighted by Gasteiger charge is 2.39. The zero-order valence-electron chi connectivity index (χ0n) is 12.0. The normalized spacial score (nSPS) is 31.3. The Morgan fingerprint density at radius 2 is 2.00 bits per heavy atom. The van der Waals surface area contributed by atoms with E-state index in [-0.39, 0.29) is 12.4 Å². The van der Waals surface area contributed by atoms with Crippen molar-refractivity contribution in [3.05, 3.63) is 0 Å². The average Bonchev–Trinajstić information content (AvgIpc) is 2.92. The summed E-state index contributed by atoms with van der Waals surface area (Å²) in [6.45, 7) is 5.89. The largest absolute Gasteiger partial charge is 0.378 e. The van der Waals surface area contributed by atoms with Crippen molar-refractivity contribution in [2.45, 2.75) is 63.0 Å². The fourth-order valence-corrected chi connectivity index (χ4v) is 4.11. The zero-order chi connectivity index (χ0) is 12.3. The Morgan fingerprint density at radius 3 is 2.74 bits per heavy atom. The van der Waals surface area contributed by atoms with E-state index in [0.29, 0.717) is 11.6 Å². The molecular weight excluding hydrogens is 260 g/mol. The van der Waals surface area contributed by atoms with Gasteiger partial charge in [0.05, 0.1) is 6.10 Å². The minimum Gasteiger partial charge on any atom is -0.378 e. The summed E-state index contributed by atoms with van der Waals surface area (Å²) in [4.78, 5) is 2.80. The summed E-state index contributed by atoms with van der Waals surface area (Å²) in [7, 11) is 0. The number of hydrogen-bond acceptors (Lipinski definition) is 3. The summed E-state index contributed by atoms with van der Waals surface area (Å²) in [6, 6.07) is 0. The second kappa shape index (κ2) is 7.26. The van der Waals surface area contributed by atoms with E-state index in [1.54, 1.807) is 0 Å². The van der Waals surface area contributed by atoms with Gasteiger partial charge in [-0.05, 0) is 32.1 Å². The van der Waals surface area contributed by atoms with Gasteiger partial charge in [-0.25, -0.2) is 0 Å². The third-order valence-electron chi connectivity index (χ3n) is 5.21. The molecular formula is C15H29ClN2O. The molecule has 2 saturated heterocycles. The second-order valence-corrected chi connectivity index (χ2v) is 6.37. The number of halogens is 1. The van der Waals surface area contributed by atoms with Crippen LogP contribution in [-0.2, 0) is 4.74 Å². The van der Waals surface area contributed by atoms with Crippen LogP contribution in [0.15, 0.2) is 0 Å². The van der Waals surface area contributed by atoms with Gasteiger partial charge in [0.15, 0.2) is 0 Å². The molecule has 1 spiro atoms. The summed E-state index contributed by atoms with van der Waals surface area (Å²) < 4.78 is 5.78. The Labute approximate surface area is 123 Å². The summed E-state index contributed by atoms with van der Waals surface area (Å²) in [5, 5.41) is 3.63. The van der Waals surface area contributed by atoms with Crippen molar-refractivity contribution in [1.29, 1.82) is 0 Å². The van der Waals surface area contributed by atoms with Gasteiger partial charge in [0.1, 0.15) is 0 Å². The Hall–Kier alpha value is 0.170. The van der Waals surface area contributed by atoms with Crippen LogP contribution in [0.5, 0.6) is 0 Å². The van der Waals surface area contributed by atoms with Crippen LogP contribution in [0.25, 0.3) is 0 Å². The van der Waals surface area contributed by atoms with Crippen molar-refractivity contribution in [3.8, 4) is 0 Å². The van der Waals surface area contributed by atoms with Gasteiger partial charge in [-0.2, -0.15) is 0 Å². The third-order valence-corrected chi connectivity index (χ3v) is 5.21. The maximum atomic E-state index is 5.78. The molecule has 2 aliphatic heterocycles. The van der Waals surface area contributed by atoms with Crippen LogP contribution in [0, 0.1) is 0 Å². The van der Waals surface area contributed by atoms with Gasteiger partial charge in [0.25, 0.3) is 0 Å². The highest BCUT2D eigenvalue weighted by Crippen LogP contribution is 2.35. The lowest BCUT2D eigenvalue weighted by atomic mass is 9.79. The van der Waals surface area contributed by atoms with E-state index in [2.05, 4.69) is 10.2 Å². The van der Waals surface area contributed by atoms with Gasteiger partial charge >= 0.3 is 0 Å². The maximum Gasteiger partial charge on any atom is 0.0588 e. The molecule has 19 heavy (non-hydrogen) atoms. The second-order valence-electron chi connectivity index (χ2n) is 6.37. The van der Waals surface area contributed by atoms with Gasteiger partial charge in [0.2, 0.25) is 0 Å². The van der Waals surface area contributed by atoms with Crippen molar-refractivity contribution < 1.29 is 4.74 Å². The van der Waals surface area contributed by atoms with Crippen molar-refractivity contribution in [2.24, 2.45) is 0 Å². The molecule has 1 aliphatic carbocycles. The molecule has 3 nitrogen and oxygen atoms in total. The van der Waals surface area contributed by atoms with Gasteiger partial charge in [-0.15, -0.1) is 12.4 Å². The molecule has 1 saturated carbocycles. The minimum atomic E-state index is 0. The summed E-state index contributed by atoms with van der Waals surface area (Å²) >= 11 is 0. The zero-order valence-corrected chi connectivity index (χ0v) is 12.8. The molecule has 3 fully saturated rings. The number of nitrogens with zero attached hydrogens (tertiary/aromatic N) is 1. The highest BCUT2D eigenvalue weighted by atomic mass is 35.5. The maximum absolute atomic E-state index is 5.78. The highest BCUT2D eigenvalue weighted by molar-refractivity contribution is 5.85. The first-order valence-electron chi connectivity index (χ1n) is 7.96. The van der Waals surface area contributed by atoms with Crippen molar-refractivity contribution in [3.63, 3.8) is 0 Å². The predicted molar refractivity (Wildman–Crippen MR) is 81.1 cm³/mol. The number of hydrogen-bond donors (Lipinski definition) is 1. The van der Waals surface area contributed by atoms with E-state index < -0.39 is 0 Å². The first kappa shape index (κ1) is 15.6. The molecule has 112 valence electrons. The van der Waals surface area contributed by atoms with Gasteiger partial charge in [-0.3, -0.25) is 4.90 Å². The molecule has 0 aromatic rings. The van der Waals surface area contributed by atoms with Crippen LogP contribution in [-0.4, -0.2) is 49.3 Å². The Kier molecular flexibility index (Phi) is 5.94. The number of nitrogens with one attached hydrogen (secondary N) is 1. The topological polar surface area (TPSA) is 24.5 Å². The molecule has 1 unspecified atom stereocenters. The van der Waals surface area contributed by atoms with Crippen LogP contribution in [0.4, 0.5) is 0 Å². The van der Waals surface area contributed by atoms with E-state index in [1.165, 1.54) is 77.5 Å². The number of piperazine rings is 1. The van der Waals surface area contributed by atoms with Crippen molar-refractivity contribution >= 4 is 12.4 Å².